The normalized spacial score (nSPS) is 13.7. The molecule has 1 fully saturated rings. The van der Waals surface area contributed by atoms with Crippen LogP contribution in [0.3, 0.4) is 0 Å². The number of methoxy groups -OCH3 is 1. The van der Waals surface area contributed by atoms with Gasteiger partial charge in [0.25, 0.3) is 5.91 Å². The Morgan fingerprint density at radius 1 is 1.11 bits per heavy atom. The molecule has 3 rings (SSSR count). The van der Waals surface area contributed by atoms with Gasteiger partial charge in [0.05, 0.1) is 7.11 Å². The molecule has 1 amide bonds. The molecule has 1 aliphatic heterocycles. The molecule has 0 radical (unpaired) electrons. The summed E-state index contributed by atoms with van der Waals surface area (Å²) in [5.41, 5.74) is 3.05. The minimum atomic E-state index is -0.206. The van der Waals surface area contributed by atoms with E-state index >= 15 is 0 Å². The molecule has 0 aromatic heterocycles. The minimum Gasteiger partial charge on any atom is -0.493 e. The number of rotatable bonds is 8. The van der Waals surface area contributed by atoms with Crippen molar-refractivity contribution in [3.05, 3.63) is 60.7 Å². The van der Waals surface area contributed by atoms with E-state index in [4.69, 9.17) is 9.47 Å². The highest BCUT2D eigenvalue weighted by Gasteiger charge is 2.12. The molecule has 1 saturated heterocycles. The van der Waals surface area contributed by atoms with E-state index in [0.29, 0.717) is 11.5 Å². The van der Waals surface area contributed by atoms with Gasteiger partial charge in [-0.2, -0.15) is 0 Å². The first-order valence-electron chi connectivity index (χ1n) is 9.75. The Bertz CT molecular complexity index is 796. The van der Waals surface area contributed by atoms with E-state index in [1.54, 1.807) is 7.11 Å². The van der Waals surface area contributed by atoms with Gasteiger partial charge in [0.1, 0.15) is 0 Å². The zero-order valence-corrected chi connectivity index (χ0v) is 16.4. The molecule has 0 spiro atoms. The number of amides is 1. The van der Waals surface area contributed by atoms with Gasteiger partial charge in [-0.25, -0.2) is 0 Å². The maximum Gasteiger partial charge on any atom is 0.262 e. The summed E-state index contributed by atoms with van der Waals surface area (Å²) in [6, 6.07) is 13.6. The van der Waals surface area contributed by atoms with Crippen molar-refractivity contribution in [3.8, 4) is 11.5 Å². The quantitative estimate of drug-likeness (QED) is 0.688. The Kier molecular flexibility index (Phi) is 6.95. The average molecular weight is 380 g/mol. The first-order valence-corrected chi connectivity index (χ1v) is 9.75. The van der Waals surface area contributed by atoms with Crippen molar-refractivity contribution < 1.29 is 14.3 Å². The number of anilines is 2. The Morgan fingerprint density at radius 3 is 2.54 bits per heavy atom. The lowest BCUT2D eigenvalue weighted by Gasteiger charge is -2.28. The smallest absolute Gasteiger partial charge is 0.262 e. The summed E-state index contributed by atoms with van der Waals surface area (Å²) in [5.74, 6) is 0.951. The van der Waals surface area contributed by atoms with Gasteiger partial charge in [0.2, 0.25) is 0 Å². The van der Waals surface area contributed by atoms with Crippen molar-refractivity contribution in [3.63, 3.8) is 0 Å². The number of nitrogens with zero attached hydrogens (tertiary/aromatic N) is 1. The molecular formula is C23H28N2O3. The van der Waals surface area contributed by atoms with E-state index in [1.807, 2.05) is 36.4 Å². The van der Waals surface area contributed by atoms with Crippen LogP contribution in [0.5, 0.6) is 11.5 Å². The maximum atomic E-state index is 12.2. The van der Waals surface area contributed by atoms with E-state index in [1.165, 1.54) is 24.9 Å². The molecule has 148 valence electrons. The van der Waals surface area contributed by atoms with Crippen molar-refractivity contribution in [2.75, 3.05) is 37.0 Å². The minimum absolute atomic E-state index is 0.0783. The molecule has 0 aliphatic carbocycles. The zero-order valence-electron chi connectivity index (χ0n) is 16.4. The monoisotopic (exact) mass is 380 g/mol. The van der Waals surface area contributed by atoms with Crippen LogP contribution in [0.2, 0.25) is 0 Å². The fourth-order valence-electron chi connectivity index (χ4n) is 3.37. The highest BCUT2D eigenvalue weighted by Crippen LogP contribution is 2.28. The van der Waals surface area contributed by atoms with E-state index in [0.717, 1.165) is 30.8 Å². The summed E-state index contributed by atoms with van der Waals surface area (Å²) < 4.78 is 11.0. The van der Waals surface area contributed by atoms with Gasteiger partial charge in [-0.1, -0.05) is 12.1 Å². The van der Waals surface area contributed by atoms with E-state index in [9.17, 15) is 4.79 Å². The second-order valence-corrected chi connectivity index (χ2v) is 6.91. The summed E-state index contributed by atoms with van der Waals surface area (Å²) in [5, 5.41) is 2.87. The number of nitrogens with one attached hydrogen (secondary N) is 1. The number of allylic oxidation sites excluding steroid dienone is 1. The van der Waals surface area contributed by atoms with Crippen molar-refractivity contribution in [2.24, 2.45) is 0 Å². The lowest BCUT2D eigenvalue weighted by atomic mass is 10.1. The van der Waals surface area contributed by atoms with Gasteiger partial charge in [0, 0.05) is 24.5 Å². The van der Waals surface area contributed by atoms with Crippen LogP contribution in [0.1, 0.15) is 24.8 Å². The van der Waals surface area contributed by atoms with Crippen LogP contribution < -0.4 is 19.7 Å². The fourth-order valence-corrected chi connectivity index (χ4v) is 3.37. The summed E-state index contributed by atoms with van der Waals surface area (Å²) in [6.07, 6.45) is 6.39. The number of ether oxygens (including phenoxy) is 2. The summed E-state index contributed by atoms with van der Waals surface area (Å²) >= 11 is 0. The molecule has 5 heteroatoms. The molecule has 1 N–H and O–H groups in total. The standard InChI is InChI=1S/C23H28N2O3/c1-3-7-18-8-13-21(22(16-18)27-2)28-17-23(26)24-19-9-11-20(12-10-19)25-14-5-4-6-15-25/h3,8-13,16H,1,4-7,14-15,17H2,2H3,(H,24,26). The van der Waals surface area contributed by atoms with Crippen LogP contribution in [0.25, 0.3) is 0 Å². The van der Waals surface area contributed by atoms with E-state index in [2.05, 4.69) is 28.9 Å². The molecule has 2 aromatic rings. The summed E-state index contributed by atoms with van der Waals surface area (Å²) in [6.45, 7) is 5.87. The number of hydrogen-bond acceptors (Lipinski definition) is 4. The SMILES string of the molecule is C=CCc1ccc(OCC(=O)Nc2ccc(N3CCCCC3)cc2)c(OC)c1. The van der Waals surface area contributed by atoms with Gasteiger partial charge in [0.15, 0.2) is 18.1 Å². The number of piperidine rings is 1. The topological polar surface area (TPSA) is 50.8 Å². The molecule has 0 atom stereocenters. The molecule has 0 bridgehead atoms. The van der Waals surface area contributed by atoms with Gasteiger partial charge in [-0.3, -0.25) is 4.79 Å². The van der Waals surface area contributed by atoms with Crippen molar-refractivity contribution in [2.45, 2.75) is 25.7 Å². The lowest BCUT2D eigenvalue weighted by molar-refractivity contribution is -0.118. The largest absolute Gasteiger partial charge is 0.493 e. The number of hydrogen-bond donors (Lipinski definition) is 1. The van der Waals surface area contributed by atoms with Crippen LogP contribution in [-0.2, 0) is 11.2 Å². The van der Waals surface area contributed by atoms with Gasteiger partial charge in [-0.15, -0.1) is 6.58 Å². The van der Waals surface area contributed by atoms with Crippen LogP contribution in [0.4, 0.5) is 11.4 Å². The molecule has 28 heavy (non-hydrogen) atoms. The van der Waals surface area contributed by atoms with Crippen molar-refractivity contribution in [1.82, 2.24) is 0 Å². The average Bonchev–Trinajstić information content (AvgIpc) is 2.74. The van der Waals surface area contributed by atoms with Crippen molar-refractivity contribution in [1.29, 1.82) is 0 Å². The van der Waals surface area contributed by atoms with Crippen LogP contribution in [-0.4, -0.2) is 32.7 Å². The lowest BCUT2D eigenvalue weighted by Crippen LogP contribution is -2.29. The van der Waals surface area contributed by atoms with E-state index in [-0.39, 0.29) is 12.5 Å². The van der Waals surface area contributed by atoms with E-state index < -0.39 is 0 Å². The van der Waals surface area contributed by atoms with Gasteiger partial charge in [-0.05, 0) is 67.6 Å². The number of carbonyl (C=O) groups is 1. The zero-order chi connectivity index (χ0) is 19.8. The molecular weight excluding hydrogens is 352 g/mol. The molecule has 0 saturated carbocycles. The fraction of sp³-hybridized carbons (Fsp3) is 0.348. The van der Waals surface area contributed by atoms with Crippen LogP contribution in [0, 0.1) is 0 Å². The summed E-state index contributed by atoms with van der Waals surface area (Å²) in [4.78, 5) is 14.6. The van der Waals surface area contributed by atoms with Gasteiger partial charge >= 0.3 is 0 Å². The molecule has 1 heterocycles. The first kappa shape index (κ1) is 19.8. The third-order valence-corrected chi connectivity index (χ3v) is 4.84. The maximum absolute atomic E-state index is 12.2. The molecule has 5 nitrogen and oxygen atoms in total. The highest BCUT2D eigenvalue weighted by molar-refractivity contribution is 5.92. The van der Waals surface area contributed by atoms with Crippen molar-refractivity contribution >= 4 is 17.3 Å². The Morgan fingerprint density at radius 2 is 1.86 bits per heavy atom. The van der Waals surface area contributed by atoms with Crippen LogP contribution in [0.15, 0.2) is 55.1 Å². The molecule has 2 aromatic carbocycles. The Labute approximate surface area is 167 Å². The highest BCUT2D eigenvalue weighted by atomic mass is 16.5. The second kappa shape index (κ2) is 9.83. The molecule has 1 aliphatic rings. The first-order chi connectivity index (χ1) is 13.7. The number of benzene rings is 2. The Hall–Kier alpha value is -2.95. The second-order valence-electron chi connectivity index (χ2n) is 6.91. The predicted molar refractivity (Wildman–Crippen MR) is 114 cm³/mol. The number of carbonyl (C=O) groups excluding carboxylic acids is 1. The molecule has 0 unspecified atom stereocenters. The van der Waals surface area contributed by atoms with Gasteiger partial charge < -0.3 is 19.7 Å². The third-order valence-electron chi connectivity index (χ3n) is 4.84. The third kappa shape index (κ3) is 5.28. The Balaban J connectivity index is 1.53. The van der Waals surface area contributed by atoms with Crippen LogP contribution >= 0.6 is 0 Å². The predicted octanol–water partition coefficient (Wildman–Crippen LogP) is 4.43. The summed E-state index contributed by atoms with van der Waals surface area (Å²) in [7, 11) is 1.59.